The zero-order valence-corrected chi connectivity index (χ0v) is 15.0. The number of rotatable bonds is 3. The zero-order valence-electron chi connectivity index (χ0n) is 14.2. The standard InChI is InChI=1S/C19H19ClN2O3/c1-11-18(12(2)25-21-11)16-4-3-7-22(16)9-13-10-24-17-6-5-14(20)8-15(17)19(13)23/h5-6,8,10,16H,3-4,7,9H2,1-2H3. The monoisotopic (exact) mass is 358 g/mol. The normalized spacial score (nSPS) is 18.3. The van der Waals surface area contributed by atoms with E-state index in [-0.39, 0.29) is 11.5 Å². The third-order valence-corrected chi connectivity index (χ3v) is 5.20. The molecule has 1 saturated heterocycles. The molecule has 1 unspecified atom stereocenters. The van der Waals surface area contributed by atoms with Crippen LogP contribution in [-0.2, 0) is 6.54 Å². The summed E-state index contributed by atoms with van der Waals surface area (Å²) in [6.07, 6.45) is 3.69. The second-order valence-electron chi connectivity index (χ2n) is 6.60. The SMILES string of the molecule is Cc1noc(C)c1C1CCCN1Cc1coc2ccc(Cl)cc2c1=O. The molecule has 0 bridgehead atoms. The molecule has 25 heavy (non-hydrogen) atoms. The second kappa shape index (κ2) is 6.32. The van der Waals surface area contributed by atoms with Gasteiger partial charge < -0.3 is 8.94 Å². The summed E-state index contributed by atoms with van der Waals surface area (Å²) in [5, 5.41) is 5.13. The van der Waals surface area contributed by atoms with Gasteiger partial charge in [0, 0.05) is 28.7 Å². The first kappa shape index (κ1) is 16.4. The summed E-state index contributed by atoms with van der Waals surface area (Å²) in [6, 6.07) is 5.34. The van der Waals surface area contributed by atoms with E-state index in [0.717, 1.165) is 36.4 Å². The maximum absolute atomic E-state index is 12.8. The van der Waals surface area contributed by atoms with Crippen LogP contribution in [0, 0.1) is 13.8 Å². The van der Waals surface area contributed by atoms with Gasteiger partial charge in [0.25, 0.3) is 0 Å². The molecule has 1 fully saturated rings. The number of hydrogen-bond acceptors (Lipinski definition) is 5. The van der Waals surface area contributed by atoms with E-state index in [4.69, 9.17) is 20.5 Å². The van der Waals surface area contributed by atoms with Gasteiger partial charge in [-0.2, -0.15) is 0 Å². The Balaban J connectivity index is 1.69. The number of nitrogens with zero attached hydrogens (tertiary/aromatic N) is 2. The van der Waals surface area contributed by atoms with Crippen molar-refractivity contribution in [3.63, 3.8) is 0 Å². The molecule has 130 valence electrons. The van der Waals surface area contributed by atoms with Crippen molar-refractivity contribution >= 4 is 22.6 Å². The van der Waals surface area contributed by atoms with E-state index < -0.39 is 0 Å². The van der Waals surface area contributed by atoms with Gasteiger partial charge in [-0.15, -0.1) is 0 Å². The summed E-state index contributed by atoms with van der Waals surface area (Å²) >= 11 is 6.03. The molecule has 6 heteroatoms. The van der Waals surface area contributed by atoms with E-state index in [9.17, 15) is 4.79 Å². The number of hydrogen-bond donors (Lipinski definition) is 0. The third kappa shape index (κ3) is 2.87. The molecule has 5 nitrogen and oxygen atoms in total. The summed E-state index contributed by atoms with van der Waals surface area (Å²) in [6.45, 7) is 5.38. The summed E-state index contributed by atoms with van der Waals surface area (Å²) < 4.78 is 11.0. The van der Waals surface area contributed by atoms with Crippen molar-refractivity contribution in [1.29, 1.82) is 0 Å². The van der Waals surface area contributed by atoms with Gasteiger partial charge in [-0.05, 0) is 51.4 Å². The molecule has 0 radical (unpaired) electrons. The summed E-state index contributed by atoms with van der Waals surface area (Å²) in [4.78, 5) is 15.1. The molecule has 3 aromatic rings. The van der Waals surface area contributed by atoms with Crippen LogP contribution in [0.4, 0.5) is 0 Å². The number of aryl methyl sites for hydroxylation is 2. The minimum atomic E-state index is -0.0202. The molecule has 0 amide bonds. The number of halogens is 1. The van der Waals surface area contributed by atoms with Crippen molar-refractivity contribution in [1.82, 2.24) is 10.1 Å². The maximum Gasteiger partial charge on any atom is 0.197 e. The lowest BCUT2D eigenvalue weighted by atomic mass is 10.0. The fourth-order valence-corrected chi connectivity index (χ4v) is 3.95. The predicted octanol–water partition coefficient (Wildman–Crippen LogP) is 4.39. The van der Waals surface area contributed by atoms with Crippen LogP contribution >= 0.6 is 11.6 Å². The molecule has 0 spiro atoms. The van der Waals surface area contributed by atoms with Gasteiger partial charge in [0.1, 0.15) is 11.3 Å². The van der Waals surface area contributed by atoms with Gasteiger partial charge in [0.05, 0.1) is 17.3 Å². The fraction of sp³-hybridized carbons (Fsp3) is 0.368. The quantitative estimate of drug-likeness (QED) is 0.695. The average Bonchev–Trinajstić information content (AvgIpc) is 3.17. The summed E-state index contributed by atoms with van der Waals surface area (Å²) in [5.74, 6) is 0.853. The van der Waals surface area contributed by atoms with Gasteiger partial charge in [0.2, 0.25) is 0 Å². The summed E-state index contributed by atoms with van der Waals surface area (Å²) in [5.41, 5.74) is 3.25. The van der Waals surface area contributed by atoms with Crippen molar-refractivity contribution in [3.05, 3.63) is 62.3 Å². The second-order valence-corrected chi connectivity index (χ2v) is 7.03. The van der Waals surface area contributed by atoms with E-state index in [0.29, 0.717) is 28.1 Å². The third-order valence-electron chi connectivity index (χ3n) is 4.96. The predicted molar refractivity (Wildman–Crippen MR) is 95.9 cm³/mol. The van der Waals surface area contributed by atoms with Gasteiger partial charge in [-0.25, -0.2) is 0 Å². The largest absolute Gasteiger partial charge is 0.464 e. The van der Waals surface area contributed by atoms with Gasteiger partial charge in [-0.3, -0.25) is 9.69 Å². The lowest BCUT2D eigenvalue weighted by molar-refractivity contribution is 0.243. The maximum atomic E-state index is 12.8. The Bertz CT molecular complexity index is 972. The molecule has 1 aliphatic rings. The van der Waals surface area contributed by atoms with Crippen LogP contribution < -0.4 is 5.43 Å². The Labute approximate surface area is 150 Å². The van der Waals surface area contributed by atoms with Crippen LogP contribution in [-0.4, -0.2) is 16.6 Å². The zero-order chi connectivity index (χ0) is 17.6. The summed E-state index contributed by atoms with van der Waals surface area (Å²) in [7, 11) is 0. The first-order valence-corrected chi connectivity index (χ1v) is 8.79. The molecule has 0 saturated carbocycles. The molecular weight excluding hydrogens is 340 g/mol. The highest BCUT2D eigenvalue weighted by Crippen LogP contribution is 2.36. The van der Waals surface area contributed by atoms with Crippen LogP contribution in [0.15, 0.2) is 38.2 Å². The minimum Gasteiger partial charge on any atom is -0.464 e. The first-order chi connectivity index (χ1) is 12.0. The van der Waals surface area contributed by atoms with Crippen LogP contribution in [0.25, 0.3) is 11.0 Å². The average molecular weight is 359 g/mol. The topological polar surface area (TPSA) is 59.5 Å². The minimum absolute atomic E-state index is 0.0202. The molecule has 0 aliphatic carbocycles. The Morgan fingerprint density at radius 2 is 2.20 bits per heavy atom. The smallest absolute Gasteiger partial charge is 0.197 e. The molecule has 1 aromatic carbocycles. The van der Waals surface area contributed by atoms with Crippen molar-refractivity contribution in [2.24, 2.45) is 0 Å². The van der Waals surface area contributed by atoms with Crippen molar-refractivity contribution in [2.45, 2.75) is 39.3 Å². The van der Waals surface area contributed by atoms with E-state index in [1.54, 1.807) is 24.5 Å². The molecule has 3 heterocycles. The number of aromatic nitrogens is 1. The Morgan fingerprint density at radius 1 is 1.36 bits per heavy atom. The molecular formula is C19H19ClN2O3. The first-order valence-electron chi connectivity index (χ1n) is 8.41. The van der Waals surface area contributed by atoms with Crippen LogP contribution in [0.3, 0.4) is 0 Å². The van der Waals surface area contributed by atoms with Crippen LogP contribution in [0.2, 0.25) is 5.02 Å². The Morgan fingerprint density at radius 3 is 2.96 bits per heavy atom. The van der Waals surface area contributed by atoms with E-state index in [1.807, 2.05) is 13.8 Å². The number of fused-ring (bicyclic) bond motifs is 1. The van der Waals surface area contributed by atoms with Crippen molar-refractivity contribution in [2.75, 3.05) is 6.54 Å². The van der Waals surface area contributed by atoms with Crippen molar-refractivity contribution < 1.29 is 8.94 Å². The molecule has 1 atom stereocenters. The fourth-order valence-electron chi connectivity index (χ4n) is 3.78. The Kier molecular flexibility index (Phi) is 4.13. The number of benzene rings is 1. The van der Waals surface area contributed by atoms with Gasteiger partial charge in [0.15, 0.2) is 5.43 Å². The van der Waals surface area contributed by atoms with E-state index >= 15 is 0 Å². The molecule has 0 N–H and O–H groups in total. The highest BCUT2D eigenvalue weighted by atomic mass is 35.5. The van der Waals surface area contributed by atoms with E-state index in [1.165, 1.54) is 0 Å². The van der Waals surface area contributed by atoms with Crippen LogP contribution in [0.1, 0.15) is 41.5 Å². The van der Waals surface area contributed by atoms with Gasteiger partial charge >= 0.3 is 0 Å². The van der Waals surface area contributed by atoms with E-state index in [2.05, 4.69) is 10.1 Å². The van der Waals surface area contributed by atoms with Crippen molar-refractivity contribution in [3.8, 4) is 0 Å². The lowest BCUT2D eigenvalue weighted by Crippen LogP contribution is -2.26. The lowest BCUT2D eigenvalue weighted by Gasteiger charge is -2.24. The highest BCUT2D eigenvalue weighted by molar-refractivity contribution is 6.31. The number of likely N-dealkylation sites (tertiary alicyclic amines) is 1. The molecule has 2 aromatic heterocycles. The molecule has 1 aliphatic heterocycles. The van der Waals surface area contributed by atoms with Crippen LogP contribution in [0.5, 0.6) is 0 Å². The Hall–Kier alpha value is -2.11. The molecule has 4 rings (SSSR count). The highest BCUT2D eigenvalue weighted by Gasteiger charge is 2.31. The van der Waals surface area contributed by atoms with Gasteiger partial charge in [-0.1, -0.05) is 16.8 Å².